The van der Waals surface area contributed by atoms with E-state index in [0.29, 0.717) is 24.7 Å². The van der Waals surface area contributed by atoms with Crippen molar-refractivity contribution in [2.45, 2.75) is 12.8 Å². The first-order valence-electron chi connectivity index (χ1n) is 7.65. The molecule has 0 spiro atoms. The summed E-state index contributed by atoms with van der Waals surface area (Å²) in [7, 11) is 0. The molecule has 2 aromatic carbocycles. The van der Waals surface area contributed by atoms with Gasteiger partial charge in [-0.15, -0.1) is 0 Å². The molecule has 0 unspecified atom stereocenters. The van der Waals surface area contributed by atoms with Crippen LogP contribution in [0, 0.1) is 0 Å². The van der Waals surface area contributed by atoms with Crippen LogP contribution in [0.2, 0.25) is 0 Å². The van der Waals surface area contributed by atoms with Crippen LogP contribution < -0.4 is 20.1 Å². The molecule has 124 valence electrons. The van der Waals surface area contributed by atoms with Gasteiger partial charge in [0, 0.05) is 36.1 Å². The van der Waals surface area contributed by atoms with Gasteiger partial charge in [-0.2, -0.15) is 0 Å². The van der Waals surface area contributed by atoms with Gasteiger partial charge in [0.2, 0.25) is 0 Å². The monoisotopic (exact) mass is 328 g/mol. The van der Waals surface area contributed by atoms with Crippen molar-refractivity contribution in [1.82, 2.24) is 0 Å². The molecule has 0 aromatic heterocycles. The Morgan fingerprint density at radius 3 is 1.75 bits per heavy atom. The molecule has 7 heteroatoms. The zero-order valence-corrected chi connectivity index (χ0v) is 12.8. The van der Waals surface area contributed by atoms with Gasteiger partial charge < -0.3 is 30.3 Å². The molecule has 0 atom stereocenters. The van der Waals surface area contributed by atoms with Gasteiger partial charge in [-0.1, -0.05) is 0 Å². The third-order valence-electron chi connectivity index (χ3n) is 4.11. The average molecular weight is 328 g/mol. The summed E-state index contributed by atoms with van der Waals surface area (Å²) in [4.78, 5) is 12.2. The van der Waals surface area contributed by atoms with Gasteiger partial charge in [0.15, 0.2) is 0 Å². The van der Waals surface area contributed by atoms with Gasteiger partial charge in [0.1, 0.15) is 23.0 Å². The van der Waals surface area contributed by atoms with Crippen molar-refractivity contribution in [3.8, 4) is 23.0 Å². The number of urea groups is 1. The molecule has 0 aliphatic carbocycles. The average Bonchev–Trinajstić information content (AvgIpc) is 3.16. The summed E-state index contributed by atoms with van der Waals surface area (Å²) in [6.07, 6.45) is 1.47. The van der Waals surface area contributed by atoms with Crippen molar-refractivity contribution in [3.05, 3.63) is 35.4 Å². The predicted molar refractivity (Wildman–Crippen MR) is 87.3 cm³/mol. The topological polar surface area (TPSA) is 100 Å². The van der Waals surface area contributed by atoms with Gasteiger partial charge in [0.25, 0.3) is 0 Å². The minimum absolute atomic E-state index is 0.0316. The van der Waals surface area contributed by atoms with Crippen molar-refractivity contribution in [3.63, 3.8) is 0 Å². The molecule has 0 saturated carbocycles. The lowest BCUT2D eigenvalue weighted by Gasteiger charge is -2.12. The van der Waals surface area contributed by atoms with Crippen LogP contribution in [-0.2, 0) is 12.8 Å². The number of hydrogen-bond donors (Lipinski definition) is 4. The van der Waals surface area contributed by atoms with Gasteiger partial charge in [-0.3, -0.25) is 0 Å². The third-order valence-corrected chi connectivity index (χ3v) is 4.11. The number of carbonyl (C=O) groups is 1. The van der Waals surface area contributed by atoms with Gasteiger partial charge in [-0.25, -0.2) is 4.79 Å². The second-order valence-electron chi connectivity index (χ2n) is 5.73. The Kier molecular flexibility index (Phi) is 3.34. The maximum Gasteiger partial charge on any atom is 0.323 e. The van der Waals surface area contributed by atoms with E-state index in [-0.39, 0.29) is 22.9 Å². The van der Waals surface area contributed by atoms with Crippen LogP contribution in [0.3, 0.4) is 0 Å². The highest BCUT2D eigenvalue weighted by atomic mass is 16.5. The Morgan fingerprint density at radius 2 is 1.29 bits per heavy atom. The molecule has 2 heterocycles. The molecule has 0 fully saturated rings. The summed E-state index contributed by atoms with van der Waals surface area (Å²) in [6, 6.07) is 5.75. The summed E-state index contributed by atoms with van der Waals surface area (Å²) in [6.45, 7) is 1.13. The summed E-state index contributed by atoms with van der Waals surface area (Å²) >= 11 is 0. The predicted octanol–water partition coefficient (Wildman–Crippen LogP) is 2.61. The van der Waals surface area contributed by atoms with Gasteiger partial charge >= 0.3 is 6.03 Å². The minimum atomic E-state index is -0.587. The lowest BCUT2D eigenvalue weighted by Crippen LogP contribution is -2.19. The van der Waals surface area contributed by atoms with Crippen molar-refractivity contribution in [2.75, 3.05) is 23.8 Å². The summed E-state index contributed by atoms with van der Waals surface area (Å²) < 4.78 is 10.8. The summed E-state index contributed by atoms with van der Waals surface area (Å²) in [5.41, 5.74) is 2.30. The molecular formula is C17H16N2O5. The molecule has 4 N–H and O–H groups in total. The standard InChI is InChI=1S/C17H16N2O5/c20-13-5-9-1-3-23-15(9)7-11(13)18-17(22)19-12-8-16-10(2-4-24-16)6-14(12)21/h5-8,20-21H,1-4H2,(H2,18,19,22). The zero-order chi connectivity index (χ0) is 16.7. The summed E-state index contributed by atoms with van der Waals surface area (Å²) in [5.74, 6) is 1.24. The van der Waals surface area contributed by atoms with E-state index in [1.54, 1.807) is 24.3 Å². The molecule has 2 aliphatic heterocycles. The molecule has 7 nitrogen and oxygen atoms in total. The highest BCUT2D eigenvalue weighted by molar-refractivity contribution is 6.01. The molecule has 0 bridgehead atoms. The number of anilines is 2. The molecule has 2 aliphatic rings. The number of hydrogen-bond acceptors (Lipinski definition) is 5. The molecule has 0 radical (unpaired) electrons. The number of fused-ring (bicyclic) bond motifs is 2. The quantitative estimate of drug-likeness (QED) is 0.635. The van der Waals surface area contributed by atoms with Gasteiger partial charge in [0.05, 0.1) is 24.6 Å². The molecule has 4 rings (SSSR count). The van der Waals surface area contributed by atoms with Crippen molar-refractivity contribution in [1.29, 1.82) is 0 Å². The SMILES string of the molecule is O=C(Nc1cc2c(cc1O)CCO2)Nc1cc2c(cc1O)CCO2. The normalized spacial score (nSPS) is 14.3. The fraction of sp³-hybridized carbons (Fsp3) is 0.235. The number of phenols is 2. The highest BCUT2D eigenvalue weighted by Gasteiger charge is 2.19. The number of phenolic OH excluding ortho intramolecular Hbond substituents is 2. The summed E-state index contributed by atoms with van der Waals surface area (Å²) in [5, 5.41) is 25.1. The van der Waals surface area contributed by atoms with Crippen LogP contribution in [0.15, 0.2) is 24.3 Å². The van der Waals surface area contributed by atoms with Crippen LogP contribution in [-0.4, -0.2) is 29.5 Å². The van der Waals surface area contributed by atoms with E-state index in [4.69, 9.17) is 9.47 Å². The van der Waals surface area contributed by atoms with E-state index in [2.05, 4.69) is 10.6 Å². The van der Waals surface area contributed by atoms with Crippen molar-refractivity contribution >= 4 is 17.4 Å². The van der Waals surface area contributed by atoms with E-state index in [1.807, 2.05) is 0 Å². The number of carbonyl (C=O) groups excluding carboxylic acids is 1. The van der Waals surface area contributed by atoms with E-state index in [0.717, 1.165) is 24.0 Å². The van der Waals surface area contributed by atoms with Crippen molar-refractivity contribution in [2.24, 2.45) is 0 Å². The second-order valence-corrected chi connectivity index (χ2v) is 5.73. The number of amides is 2. The minimum Gasteiger partial charge on any atom is -0.506 e. The number of benzene rings is 2. The van der Waals surface area contributed by atoms with Crippen LogP contribution in [0.25, 0.3) is 0 Å². The Balaban J connectivity index is 1.52. The van der Waals surface area contributed by atoms with Crippen LogP contribution in [0.4, 0.5) is 16.2 Å². The fourth-order valence-electron chi connectivity index (χ4n) is 2.90. The molecule has 0 saturated heterocycles. The maximum absolute atomic E-state index is 12.2. The molecule has 24 heavy (non-hydrogen) atoms. The number of nitrogens with one attached hydrogen (secondary N) is 2. The smallest absolute Gasteiger partial charge is 0.323 e. The number of ether oxygens (including phenoxy) is 2. The highest BCUT2D eigenvalue weighted by Crippen LogP contribution is 2.37. The first-order valence-corrected chi connectivity index (χ1v) is 7.65. The largest absolute Gasteiger partial charge is 0.506 e. The zero-order valence-electron chi connectivity index (χ0n) is 12.8. The fourth-order valence-corrected chi connectivity index (χ4v) is 2.90. The van der Waals surface area contributed by atoms with Crippen molar-refractivity contribution < 1.29 is 24.5 Å². The maximum atomic E-state index is 12.2. The van der Waals surface area contributed by atoms with E-state index >= 15 is 0 Å². The first kappa shape index (κ1) is 14.5. The second kappa shape index (κ2) is 5.52. The van der Waals surface area contributed by atoms with Gasteiger partial charge in [-0.05, 0) is 12.1 Å². The number of rotatable bonds is 2. The Morgan fingerprint density at radius 1 is 0.833 bits per heavy atom. The van der Waals surface area contributed by atoms with Crippen LogP contribution in [0.5, 0.6) is 23.0 Å². The first-order chi connectivity index (χ1) is 11.6. The van der Waals surface area contributed by atoms with Crippen LogP contribution >= 0.6 is 0 Å². The Hall–Kier alpha value is -3.09. The molecule has 2 aromatic rings. The molecule has 2 amide bonds. The van der Waals surface area contributed by atoms with Crippen LogP contribution in [0.1, 0.15) is 11.1 Å². The Bertz CT molecular complexity index is 767. The van der Waals surface area contributed by atoms with E-state index in [9.17, 15) is 15.0 Å². The molecular weight excluding hydrogens is 312 g/mol. The number of aromatic hydroxyl groups is 2. The third kappa shape index (κ3) is 2.54. The lowest BCUT2D eigenvalue weighted by atomic mass is 10.1. The van der Waals surface area contributed by atoms with E-state index < -0.39 is 6.03 Å². The lowest BCUT2D eigenvalue weighted by molar-refractivity contribution is 0.262. The Labute approximate surface area is 137 Å². The van der Waals surface area contributed by atoms with E-state index in [1.165, 1.54) is 0 Å².